The van der Waals surface area contributed by atoms with Crippen LogP contribution < -0.4 is 0 Å². The van der Waals surface area contributed by atoms with Crippen molar-refractivity contribution in [1.29, 1.82) is 0 Å². The van der Waals surface area contributed by atoms with Gasteiger partial charge in [0.05, 0.1) is 26.4 Å². The van der Waals surface area contributed by atoms with Crippen LogP contribution in [0.3, 0.4) is 0 Å². The van der Waals surface area contributed by atoms with Gasteiger partial charge in [0.1, 0.15) is 0 Å². The molecule has 0 aromatic heterocycles. The van der Waals surface area contributed by atoms with Gasteiger partial charge in [-0.2, -0.15) is 0 Å². The molecule has 46 valence electrons. The van der Waals surface area contributed by atoms with Gasteiger partial charge in [0.25, 0.3) is 0 Å². The van der Waals surface area contributed by atoms with Crippen LogP contribution in [0.2, 0.25) is 0 Å². The summed E-state index contributed by atoms with van der Waals surface area (Å²) in [4.78, 5) is 0. The summed E-state index contributed by atoms with van der Waals surface area (Å²) < 4.78 is 4.63. The number of aliphatic hydroxyl groups excluding tert-OH is 2. The van der Waals surface area contributed by atoms with E-state index in [2.05, 4.69) is 4.74 Å². The number of rotatable bonds is 4. The molecule has 0 rings (SSSR count). The first-order valence-corrected chi connectivity index (χ1v) is 2.21. The molecule has 0 heterocycles. The van der Waals surface area contributed by atoms with Crippen LogP contribution >= 0.6 is 0 Å². The van der Waals surface area contributed by atoms with Crippen molar-refractivity contribution in [2.24, 2.45) is 0 Å². The minimum Gasteiger partial charge on any atom is -0.394 e. The quantitative estimate of drug-likeness (QED) is 0.421. The SMILES string of the molecule is OCCOCCO.[Zn]. The molecule has 0 bridgehead atoms. The third kappa shape index (κ3) is 9.71. The molecule has 0 aromatic carbocycles. The van der Waals surface area contributed by atoms with E-state index >= 15 is 0 Å². The third-order valence-electron chi connectivity index (χ3n) is 0.471. The van der Waals surface area contributed by atoms with Crippen LogP contribution in [0.1, 0.15) is 0 Å². The van der Waals surface area contributed by atoms with Gasteiger partial charge in [0.15, 0.2) is 0 Å². The molecular weight excluding hydrogens is 161 g/mol. The van der Waals surface area contributed by atoms with Crippen LogP contribution in [-0.2, 0) is 24.2 Å². The summed E-state index contributed by atoms with van der Waals surface area (Å²) in [5.41, 5.74) is 0. The summed E-state index contributed by atoms with van der Waals surface area (Å²) >= 11 is 0. The molecule has 0 aromatic rings. The van der Waals surface area contributed by atoms with Crippen molar-refractivity contribution in [3.8, 4) is 0 Å². The molecule has 4 heteroatoms. The first-order valence-electron chi connectivity index (χ1n) is 2.21. The Morgan fingerprint density at radius 3 is 1.62 bits per heavy atom. The van der Waals surface area contributed by atoms with E-state index in [1.54, 1.807) is 0 Å². The maximum Gasteiger partial charge on any atom is 0.0698 e. The van der Waals surface area contributed by atoms with Crippen molar-refractivity contribution in [2.45, 2.75) is 0 Å². The molecule has 0 aliphatic heterocycles. The molecule has 3 nitrogen and oxygen atoms in total. The number of aliphatic hydroxyl groups is 2. The second-order valence-corrected chi connectivity index (χ2v) is 1.06. The Hall–Kier alpha value is 0.503. The first-order chi connectivity index (χ1) is 3.41. The Kier molecular flexibility index (Phi) is 14.8. The van der Waals surface area contributed by atoms with E-state index < -0.39 is 0 Å². The molecule has 0 saturated carbocycles. The Bertz CT molecular complexity index is 30.5. The van der Waals surface area contributed by atoms with Gasteiger partial charge in [-0.3, -0.25) is 0 Å². The van der Waals surface area contributed by atoms with E-state index in [0.717, 1.165) is 0 Å². The van der Waals surface area contributed by atoms with Gasteiger partial charge in [-0.1, -0.05) is 0 Å². The molecule has 0 unspecified atom stereocenters. The summed E-state index contributed by atoms with van der Waals surface area (Å²) in [7, 11) is 0. The molecule has 0 spiro atoms. The molecule has 0 amide bonds. The first kappa shape index (κ1) is 11.3. The topological polar surface area (TPSA) is 49.7 Å². The van der Waals surface area contributed by atoms with Crippen molar-refractivity contribution < 1.29 is 34.4 Å². The Balaban J connectivity index is 0. The fraction of sp³-hybridized carbons (Fsp3) is 1.00. The van der Waals surface area contributed by atoms with Crippen LogP contribution in [0.15, 0.2) is 0 Å². The fourth-order valence-corrected chi connectivity index (χ4v) is 0.231. The molecular formula is C4H10O3Zn. The van der Waals surface area contributed by atoms with Crippen molar-refractivity contribution in [1.82, 2.24) is 0 Å². The number of ether oxygens (including phenoxy) is 1. The summed E-state index contributed by atoms with van der Waals surface area (Å²) in [6, 6.07) is 0. The second-order valence-electron chi connectivity index (χ2n) is 1.06. The van der Waals surface area contributed by atoms with Crippen LogP contribution in [-0.4, -0.2) is 36.6 Å². The van der Waals surface area contributed by atoms with Gasteiger partial charge in [0, 0.05) is 19.5 Å². The molecule has 0 atom stereocenters. The van der Waals surface area contributed by atoms with Crippen molar-refractivity contribution in [3.63, 3.8) is 0 Å². The average molecular weight is 172 g/mol. The van der Waals surface area contributed by atoms with Gasteiger partial charge in [-0.05, 0) is 0 Å². The van der Waals surface area contributed by atoms with Crippen molar-refractivity contribution in [3.05, 3.63) is 0 Å². The molecule has 0 aliphatic carbocycles. The molecule has 8 heavy (non-hydrogen) atoms. The van der Waals surface area contributed by atoms with Crippen LogP contribution in [0.4, 0.5) is 0 Å². The Labute approximate surface area is 61.4 Å². The van der Waals surface area contributed by atoms with Gasteiger partial charge in [-0.15, -0.1) is 0 Å². The zero-order valence-corrected chi connectivity index (χ0v) is 7.81. The standard InChI is InChI=1S/C4H10O3.Zn/c5-1-3-7-4-2-6;/h5-6H,1-4H2;. The average Bonchev–Trinajstić information content (AvgIpc) is 1.69. The third-order valence-corrected chi connectivity index (χ3v) is 0.471. The maximum absolute atomic E-state index is 8.09. The number of hydrogen-bond acceptors (Lipinski definition) is 3. The van der Waals surface area contributed by atoms with E-state index in [0.29, 0.717) is 13.2 Å². The summed E-state index contributed by atoms with van der Waals surface area (Å²) in [6.07, 6.45) is 0. The minimum atomic E-state index is 0. The van der Waals surface area contributed by atoms with Gasteiger partial charge in [-0.25, -0.2) is 0 Å². The van der Waals surface area contributed by atoms with Crippen LogP contribution in [0.25, 0.3) is 0 Å². The summed E-state index contributed by atoms with van der Waals surface area (Å²) in [5, 5.41) is 16.2. The van der Waals surface area contributed by atoms with E-state index in [-0.39, 0.29) is 32.7 Å². The molecule has 0 saturated heterocycles. The van der Waals surface area contributed by atoms with E-state index in [1.807, 2.05) is 0 Å². The zero-order valence-electron chi connectivity index (χ0n) is 4.84. The number of hydrogen-bond donors (Lipinski definition) is 2. The smallest absolute Gasteiger partial charge is 0.0698 e. The largest absolute Gasteiger partial charge is 0.394 e. The normalized spacial score (nSPS) is 8.25. The second kappa shape index (κ2) is 10.5. The van der Waals surface area contributed by atoms with Gasteiger partial charge in [0.2, 0.25) is 0 Å². The van der Waals surface area contributed by atoms with Crippen LogP contribution in [0.5, 0.6) is 0 Å². The molecule has 0 fully saturated rings. The van der Waals surface area contributed by atoms with E-state index in [9.17, 15) is 0 Å². The Morgan fingerprint density at radius 1 is 1.00 bits per heavy atom. The van der Waals surface area contributed by atoms with E-state index in [4.69, 9.17) is 10.2 Å². The maximum atomic E-state index is 8.09. The summed E-state index contributed by atoms with van der Waals surface area (Å²) in [5.74, 6) is 0. The Morgan fingerprint density at radius 2 is 1.38 bits per heavy atom. The molecule has 2 N–H and O–H groups in total. The molecule has 0 radical (unpaired) electrons. The predicted octanol–water partition coefficient (Wildman–Crippen LogP) is -1.01. The fourth-order valence-electron chi connectivity index (χ4n) is 0.231. The predicted molar refractivity (Wildman–Crippen MR) is 25.0 cm³/mol. The van der Waals surface area contributed by atoms with Gasteiger partial charge >= 0.3 is 0 Å². The zero-order chi connectivity index (χ0) is 5.54. The van der Waals surface area contributed by atoms with Crippen molar-refractivity contribution in [2.75, 3.05) is 26.4 Å². The van der Waals surface area contributed by atoms with Gasteiger partial charge < -0.3 is 14.9 Å². The monoisotopic (exact) mass is 170 g/mol. The van der Waals surface area contributed by atoms with Crippen LogP contribution in [0, 0.1) is 0 Å². The van der Waals surface area contributed by atoms with E-state index in [1.165, 1.54) is 0 Å². The van der Waals surface area contributed by atoms with Crippen molar-refractivity contribution >= 4 is 0 Å². The molecule has 0 aliphatic rings. The summed E-state index contributed by atoms with van der Waals surface area (Å²) in [6.45, 7) is 0.696. The minimum absolute atomic E-state index is 0.